The Morgan fingerprint density at radius 3 is 2.35 bits per heavy atom. The topological polar surface area (TPSA) is 157 Å². The number of carboxylic acids is 1. The standard InChI is InChI=1S/C23H34N4O6S/c1-14(28)19(22(31)25-17(23(32)33)10-12-34-2)27-21(30)18(13-15-7-4-3-5-8-15)26-20(29)16-9-6-11-24-16/h3-5,7-8,14,16-19,24,28H,6,9-13H2,1-2H3,(H,25,31)(H,26,29)(H,27,30)(H,32,33). The fourth-order valence-corrected chi connectivity index (χ4v) is 4.12. The molecule has 3 amide bonds. The average Bonchev–Trinajstić information content (AvgIpc) is 3.35. The van der Waals surface area contributed by atoms with Gasteiger partial charge in [-0.25, -0.2) is 4.79 Å². The van der Waals surface area contributed by atoms with Gasteiger partial charge in [-0.05, 0) is 50.3 Å². The average molecular weight is 495 g/mol. The van der Waals surface area contributed by atoms with E-state index in [0.717, 1.165) is 18.5 Å². The maximum absolute atomic E-state index is 13.2. The lowest BCUT2D eigenvalue weighted by Gasteiger charge is -2.26. The lowest BCUT2D eigenvalue weighted by atomic mass is 10.0. The number of nitrogens with one attached hydrogen (secondary N) is 4. The molecule has 0 aliphatic carbocycles. The van der Waals surface area contributed by atoms with Crippen molar-refractivity contribution in [1.82, 2.24) is 21.3 Å². The van der Waals surface area contributed by atoms with Crippen molar-refractivity contribution < 1.29 is 29.4 Å². The Morgan fingerprint density at radius 1 is 1.09 bits per heavy atom. The van der Waals surface area contributed by atoms with Gasteiger partial charge in [0.1, 0.15) is 18.1 Å². The van der Waals surface area contributed by atoms with Gasteiger partial charge < -0.3 is 31.5 Å². The van der Waals surface area contributed by atoms with Crippen molar-refractivity contribution >= 4 is 35.5 Å². The number of hydrogen-bond donors (Lipinski definition) is 6. The second kappa shape index (κ2) is 13.9. The number of thioether (sulfide) groups is 1. The van der Waals surface area contributed by atoms with Gasteiger partial charge in [-0.1, -0.05) is 30.3 Å². The lowest BCUT2D eigenvalue weighted by molar-refractivity contribution is -0.143. The van der Waals surface area contributed by atoms with Gasteiger partial charge in [0.15, 0.2) is 0 Å². The summed E-state index contributed by atoms with van der Waals surface area (Å²) in [7, 11) is 0. The van der Waals surface area contributed by atoms with Crippen LogP contribution in [0.15, 0.2) is 30.3 Å². The van der Waals surface area contributed by atoms with Gasteiger partial charge in [-0.15, -0.1) is 0 Å². The van der Waals surface area contributed by atoms with Crippen molar-refractivity contribution in [3.63, 3.8) is 0 Å². The molecule has 1 heterocycles. The molecule has 5 atom stereocenters. The molecule has 10 nitrogen and oxygen atoms in total. The van der Waals surface area contributed by atoms with Crippen LogP contribution in [-0.4, -0.2) is 82.7 Å². The van der Waals surface area contributed by atoms with E-state index in [1.54, 1.807) is 0 Å². The van der Waals surface area contributed by atoms with Crippen molar-refractivity contribution in [2.75, 3.05) is 18.6 Å². The number of aliphatic carboxylic acids is 1. The molecule has 6 N–H and O–H groups in total. The first-order chi connectivity index (χ1) is 16.2. The van der Waals surface area contributed by atoms with Crippen LogP contribution in [0.5, 0.6) is 0 Å². The van der Waals surface area contributed by atoms with Crippen molar-refractivity contribution in [1.29, 1.82) is 0 Å². The number of aliphatic hydroxyl groups excluding tert-OH is 1. The first-order valence-electron chi connectivity index (χ1n) is 11.3. The van der Waals surface area contributed by atoms with Gasteiger partial charge in [0, 0.05) is 6.42 Å². The van der Waals surface area contributed by atoms with E-state index in [-0.39, 0.29) is 18.7 Å². The summed E-state index contributed by atoms with van der Waals surface area (Å²) in [5.74, 6) is -2.44. The van der Waals surface area contributed by atoms with Crippen LogP contribution in [0.1, 0.15) is 31.7 Å². The molecule has 1 fully saturated rings. The molecule has 1 aromatic carbocycles. The van der Waals surface area contributed by atoms with Crippen molar-refractivity contribution in [3.05, 3.63) is 35.9 Å². The zero-order chi connectivity index (χ0) is 25.1. The van der Waals surface area contributed by atoms with Crippen LogP contribution in [0.2, 0.25) is 0 Å². The molecule has 2 rings (SSSR count). The van der Waals surface area contributed by atoms with Crippen LogP contribution in [-0.2, 0) is 25.6 Å². The van der Waals surface area contributed by atoms with Gasteiger partial charge in [0.05, 0.1) is 12.1 Å². The molecule has 1 aliphatic heterocycles. The highest BCUT2D eigenvalue weighted by Gasteiger charge is 2.33. The molecule has 0 saturated carbocycles. The van der Waals surface area contributed by atoms with Gasteiger partial charge in [0.25, 0.3) is 0 Å². The number of carbonyl (C=O) groups excluding carboxylic acids is 3. The van der Waals surface area contributed by atoms with Gasteiger partial charge >= 0.3 is 5.97 Å². The highest BCUT2D eigenvalue weighted by atomic mass is 32.2. The monoisotopic (exact) mass is 494 g/mol. The van der Waals surface area contributed by atoms with E-state index < -0.39 is 48.1 Å². The SMILES string of the molecule is CSCCC(NC(=O)C(NC(=O)C(Cc1ccccc1)NC(=O)C1CCCN1)C(C)O)C(=O)O. The number of rotatable bonds is 13. The molecular weight excluding hydrogens is 460 g/mol. The highest BCUT2D eigenvalue weighted by molar-refractivity contribution is 7.98. The second-order valence-corrected chi connectivity index (χ2v) is 9.29. The molecule has 5 unspecified atom stereocenters. The number of hydrogen-bond acceptors (Lipinski definition) is 7. The minimum Gasteiger partial charge on any atom is -0.480 e. The molecule has 1 aromatic rings. The molecule has 0 radical (unpaired) electrons. The molecule has 0 spiro atoms. The summed E-state index contributed by atoms with van der Waals surface area (Å²) in [6.07, 6.45) is 2.44. The Kier molecular flexibility index (Phi) is 11.3. The summed E-state index contributed by atoms with van der Waals surface area (Å²) in [4.78, 5) is 50.1. The third kappa shape index (κ3) is 8.62. The fraction of sp³-hybridized carbons (Fsp3) is 0.565. The van der Waals surface area contributed by atoms with Crippen molar-refractivity contribution in [2.24, 2.45) is 0 Å². The second-order valence-electron chi connectivity index (χ2n) is 8.31. The van der Waals surface area contributed by atoms with E-state index in [0.29, 0.717) is 12.2 Å². The first-order valence-corrected chi connectivity index (χ1v) is 12.7. The van der Waals surface area contributed by atoms with Crippen LogP contribution in [0.25, 0.3) is 0 Å². The third-order valence-electron chi connectivity index (χ3n) is 5.58. The molecule has 1 saturated heterocycles. The van der Waals surface area contributed by atoms with Crippen LogP contribution in [0, 0.1) is 0 Å². The zero-order valence-corrected chi connectivity index (χ0v) is 20.3. The van der Waals surface area contributed by atoms with E-state index in [2.05, 4.69) is 21.3 Å². The quantitative estimate of drug-likeness (QED) is 0.217. The predicted octanol–water partition coefficient (Wildman–Crippen LogP) is -0.346. The van der Waals surface area contributed by atoms with Crippen LogP contribution in [0.4, 0.5) is 0 Å². The van der Waals surface area contributed by atoms with Gasteiger partial charge in [0.2, 0.25) is 17.7 Å². The number of benzene rings is 1. The Bertz CT molecular complexity index is 832. The van der Waals surface area contributed by atoms with Crippen LogP contribution < -0.4 is 21.3 Å². The van der Waals surface area contributed by atoms with E-state index >= 15 is 0 Å². The molecule has 0 bridgehead atoms. The summed E-state index contributed by atoms with van der Waals surface area (Å²) >= 11 is 1.44. The van der Waals surface area contributed by atoms with E-state index in [9.17, 15) is 29.4 Å². The Balaban J connectivity index is 2.13. The highest BCUT2D eigenvalue weighted by Crippen LogP contribution is 2.09. The maximum Gasteiger partial charge on any atom is 0.326 e. The minimum atomic E-state index is -1.39. The fourth-order valence-electron chi connectivity index (χ4n) is 3.65. The summed E-state index contributed by atoms with van der Waals surface area (Å²) in [5, 5.41) is 30.3. The molecule has 11 heteroatoms. The normalized spacial score (nSPS) is 18.9. The largest absolute Gasteiger partial charge is 0.480 e. The number of carbonyl (C=O) groups is 4. The summed E-state index contributed by atoms with van der Waals surface area (Å²) in [5.41, 5.74) is 0.809. The van der Waals surface area contributed by atoms with Gasteiger partial charge in [-0.3, -0.25) is 14.4 Å². The molecule has 188 valence electrons. The number of aliphatic hydroxyl groups is 1. The van der Waals surface area contributed by atoms with E-state index in [1.807, 2.05) is 36.6 Å². The van der Waals surface area contributed by atoms with Crippen LogP contribution >= 0.6 is 11.8 Å². The van der Waals surface area contributed by atoms with E-state index in [1.165, 1.54) is 18.7 Å². The smallest absolute Gasteiger partial charge is 0.326 e. The lowest BCUT2D eigenvalue weighted by Crippen LogP contribution is -2.60. The predicted molar refractivity (Wildman–Crippen MR) is 129 cm³/mol. The van der Waals surface area contributed by atoms with Crippen molar-refractivity contribution in [3.8, 4) is 0 Å². The first kappa shape index (κ1) is 27.6. The zero-order valence-electron chi connectivity index (χ0n) is 19.5. The summed E-state index contributed by atoms with van der Waals surface area (Å²) in [6.45, 7) is 2.05. The number of carboxylic acid groups (broad SMARTS) is 1. The molecule has 0 aromatic heterocycles. The Hall–Kier alpha value is -2.63. The van der Waals surface area contributed by atoms with Crippen molar-refractivity contribution in [2.45, 2.75) is 62.9 Å². The van der Waals surface area contributed by atoms with Gasteiger partial charge in [-0.2, -0.15) is 11.8 Å². The minimum absolute atomic E-state index is 0.185. The Morgan fingerprint density at radius 2 is 1.79 bits per heavy atom. The third-order valence-corrected chi connectivity index (χ3v) is 6.22. The molecular formula is C23H34N4O6S. The molecule has 34 heavy (non-hydrogen) atoms. The summed E-state index contributed by atoms with van der Waals surface area (Å²) in [6, 6.07) is 5.20. The maximum atomic E-state index is 13.2. The molecule has 1 aliphatic rings. The Labute approximate surface area is 203 Å². The van der Waals surface area contributed by atoms with E-state index in [4.69, 9.17) is 0 Å². The summed E-state index contributed by atoms with van der Waals surface area (Å²) < 4.78 is 0. The van der Waals surface area contributed by atoms with Crippen LogP contribution in [0.3, 0.4) is 0 Å². The number of amides is 3.